The number of amides is 1. The summed E-state index contributed by atoms with van der Waals surface area (Å²) in [5.74, 6) is 1.09. The highest BCUT2D eigenvalue weighted by atomic mass is 35.5. The number of hydrogen-bond acceptors (Lipinski definition) is 2. The van der Waals surface area contributed by atoms with Gasteiger partial charge in [0.25, 0.3) is 5.91 Å². The topological polar surface area (TPSA) is 38.3 Å². The molecule has 0 fully saturated rings. The van der Waals surface area contributed by atoms with E-state index in [0.717, 1.165) is 6.42 Å². The van der Waals surface area contributed by atoms with Crippen LogP contribution in [0.5, 0.6) is 5.75 Å². The van der Waals surface area contributed by atoms with Crippen LogP contribution in [0.3, 0.4) is 0 Å². The van der Waals surface area contributed by atoms with Crippen LogP contribution in [0.4, 0.5) is 0 Å². The van der Waals surface area contributed by atoms with E-state index in [9.17, 15) is 4.79 Å². The van der Waals surface area contributed by atoms with Gasteiger partial charge < -0.3 is 10.1 Å². The van der Waals surface area contributed by atoms with Crippen molar-refractivity contribution in [1.29, 1.82) is 0 Å². The Labute approximate surface area is 120 Å². The minimum Gasteiger partial charge on any atom is -0.478 e. The number of nitrogens with one attached hydrogen (secondary N) is 1. The SMILES string of the molecule is CC(C)CCNC(=O)C(C)(C)Oc1ccc(Cl)cc1. The average molecular weight is 284 g/mol. The van der Waals surface area contributed by atoms with Crippen LogP contribution in [0.2, 0.25) is 5.02 Å². The minimum absolute atomic E-state index is 0.108. The van der Waals surface area contributed by atoms with Gasteiger partial charge in [-0.15, -0.1) is 0 Å². The lowest BCUT2D eigenvalue weighted by atomic mass is 10.1. The molecule has 0 bridgehead atoms. The average Bonchev–Trinajstić information content (AvgIpc) is 2.31. The Morgan fingerprint density at radius 1 is 1.32 bits per heavy atom. The van der Waals surface area contributed by atoms with Gasteiger partial charge in [0.15, 0.2) is 5.60 Å². The van der Waals surface area contributed by atoms with Crippen molar-refractivity contribution in [2.24, 2.45) is 5.92 Å². The number of carbonyl (C=O) groups excluding carboxylic acids is 1. The second-order valence-electron chi connectivity index (χ2n) is 5.50. The Bertz CT molecular complexity index is 413. The second kappa shape index (κ2) is 6.80. The Morgan fingerprint density at radius 3 is 2.42 bits per heavy atom. The zero-order chi connectivity index (χ0) is 14.5. The summed E-state index contributed by atoms with van der Waals surface area (Å²) >= 11 is 5.81. The van der Waals surface area contributed by atoms with Gasteiger partial charge >= 0.3 is 0 Å². The summed E-state index contributed by atoms with van der Waals surface area (Å²) in [5.41, 5.74) is -0.898. The number of carbonyl (C=O) groups is 1. The van der Waals surface area contributed by atoms with Crippen LogP contribution in [0.25, 0.3) is 0 Å². The third kappa shape index (κ3) is 5.52. The van der Waals surface area contributed by atoms with Crippen LogP contribution in [0.1, 0.15) is 34.1 Å². The lowest BCUT2D eigenvalue weighted by molar-refractivity contribution is -0.134. The first kappa shape index (κ1) is 15.8. The molecule has 0 saturated carbocycles. The molecule has 1 aromatic rings. The maximum Gasteiger partial charge on any atom is 0.263 e. The van der Waals surface area contributed by atoms with Crippen molar-refractivity contribution in [3.63, 3.8) is 0 Å². The number of hydrogen-bond donors (Lipinski definition) is 1. The fraction of sp³-hybridized carbons (Fsp3) is 0.533. The van der Waals surface area contributed by atoms with E-state index in [2.05, 4.69) is 19.2 Å². The molecule has 0 spiro atoms. The van der Waals surface area contributed by atoms with E-state index in [1.54, 1.807) is 38.1 Å². The molecule has 0 aliphatic heterocycles. The van der Waals surface area contributed by atoms with E-state index in [1.165, 1.54) is 0 Å². The highest BCUT2D eigenvalue weighted by Gasteiger charge is 2.29. The number of rotatable bonds is 6. The molecule has 19 heavy (non-hydrogen) atoms. The van der Waals surface area contributed by atoms with E-state index in [1.807, 2.05) is 0 Å². The van der Waals surface area contributed by atoms with Crippen molar-refractivity contribution < 1.29 is 9.53 Å². The zero-order valence-corrected chi connectivity index (χ0v) is 12.8. The number of halogens is 1. The predicted molar refractivity (Wildman–Crippen MR) is 78.6 cm³/mol. The molecule has 3 nitrogen and oxygen atoms in total. The van der Waals surface area contributed by atoms with Gasteiger partial charge in [0.05, 0.1) is 0 Å². The van der Waals surface area contributed by atoms with Gasteiger partial charge in [-0.05, 0) is 50.5 Å². The highest BCUT2D eigenvalue weighted by Crippen LogP contribution is 2.21. The van der Waals surface area contributed by atoms with Crippen molar-refractivity contribution in [2.75, 3.05) is 6.54 Å². The summed E-state index contributed by atoms with van der Waals surface area (Å²) < 4.78 is 5.71. The smallest absolute Gasteiger partial charge is 0.263 e. The summed E-state index contributed by atoms with van der Waals surface area (Å²) in [5, 5.41) is 3.54. The molecule has 0 aromatic heterocycles. The van der Waals surface area contributed by atoms with Crippen molar-refractivity contribution in [3.05, 3.63) is 29.3 Å². The second-order valence-corrected chi connectivity index (χ2v) is 5.94. The summed E-state index contributed by atoms with van der Waals surface area (Å²) in [6.45, 7) is 8.44. The minimum atomic E-state index is -0.898. The Kier molecular flexibility index (Phi) is 5.67. The Balaban J connectivity index is 2.54. The number of benzene rings is 1. The monoisotopic (exact) mass is 283 g/mol. The maximum absolute atomic E-state index is 12.1. The molecule has 0 atom stereocenters. The van der Waals surface area contributed by atoms with Crippen LogP contribution in [-0.4, -0.2) is 18.1 Å². The first-order valence-corrected chi connectivity index (χ1v) is 6.92. The molecule has 0 heterocycles. The molecule has 1 aromatic carbocycles. The summed E-state index contributed by atoms with van der Waals surface area (Å²) in [7, 11) is 0. The van der Waals surface area contributed by atoms with Crippen molar-refractivity contribution >= 4 is 17.5 Å². The van der Waals surface area contributed by atoms with Crippen LogP contribution >= 0.6 is 11.6 Å². The molecular weight excluding hydrogens is 262 g/mol. The van der Waals surface area contributed by atoms with Gasteiger partial charge in [0.1, 0.15) is 5.75 Å². The molecule has 4 heteroatoms. The van der Waals surface area contributed by atoms with Crippen LogP contribution in [-0.2, 0) is 4.79 Å². The van der Waals surface area contributed by atoms with E-state index < -0.39 is 5.60 Å². The van der Waals surface area contributed by atoms with Crippen LogP contribution < -0.4 is 10.1 Å². The third-order valence-electron chi connectivity index (χ3n) is 2.74. The zero-order valence-electron chi connectivity index (χ0n) is 12.0. The van der Waals surface area contributed by atoms with Crippen molar-refractivity contribution in [1.82, 2.24) is 5.32 Å². The molecule has 0 saturated heterocycles. The normalized spacial score (nSPS) is 11.5. The van der Waals surface area contributed by atoms with Crippen LogP contribution in [0, 0.1) is 5.92 Å². The first-order chi connectivity index (χ1) is 8.81. The van der Waals surface area contributed by atoms with Crippen LogP contribution in [0.15, 0.2) is 24.3 Å². The Morgan fingerprint density at radius 2 is 1.89 bits per heavy atom. The predicted octanol–water partition coefficient (Wildman–Crippen LogP) is 3.66. The summed E-state index contributed by atoms with van der Waals surface area (Å²) in [6.07, 6.45) is 0.961. The fourth-order valence-corrected chi connectivity index (χ4v) is 1.66. The van der Waals surface area contributed by atoms with E-state index in [0.29, 0.717) is 23.2 Å². The van der Waals surface area contributed by atoms with Gasteiger partial charge in [-0.2, -0.15) is 0 Å². The van der Waals surface area contributed by atoms with Gasteiger partial charge in [0, 0.05) is 11.6 Å². The number of ether oxygens (including phenoxy) is 1. The van der Waals surface area contributed by atoms with Crippen molar-refractivity contribution in [2.45, 2.75) is 39.7 Å². The third-order valence-corrected chi connectivity index (χ3v) is 2.99. The largest absolute Gasteiger partial charge is 0.478 e. The summed E-state index contributed by atoms with van der Waals surface area (Å²) in [6, 6.07) is 6.99. The van der Waals surface area contributed by atoms with E-state index in [-0.39, 0.29) is 5.91 Å². The highest BCUT2D eigenvalue weighted by molar-refractivity contribution is 6.30. The molecular formula is C15H22ClNO2. The molecule has 1 amide bonds. The first-order valence-electron chi connectivity index (χ1n) is 6.54. The molecule has 1 N–H and O–H groups in total. The Hall–Kier alpha value is -1.22. The fourth-order valence-electron chi connectivity index (χ4n) is 1.53. The lowest BCUT2D eigenvalue weighted by Gasteiger charge is -2.25. The van der Waals surface area contributed by atoms with Crippen molar-refractivity contribution in [3.8, 4) is 5.75 Å². The standard InChI is InChI=1S/C15H22ClNO2/c1-11(2)9-10-17-14(18)15(3,4)19-13-7-5-12(16)6-8-13/h5-8,11H,9-10H2,1-4H3,(H,17,18). The molecule has 0 unspecified atom stereocenters. The van der Waals surface area contributed by atoms with Gasteiger partial charge in [-0.1, -0.05) is 25.4 Å². The van der Waals surface area contributed by atoms with Gasteiger partial charge in [-0.25, -0.2) is 0 Å². The quantitative estimate of drug-likeness (QED) is 0.865. The van der Waals surface area contributed by atoms with E-state index in [4.69, 9.17) is 16.3 Å². The molecule has 0 radical (unpaired) electrons. The molecule has 106 valence electrons. The molecule has 1 rings (SSSR count). The van der Waals surface area contributed by atoms with Gasteiger partial charge in [-0.3, -0.25) is 4.79 Å². The molecule has 0 aliphatic carbocycles. The lowest BCUT2D eigenvalue weighted by Crippen LogP contribution is -2.46. The van der Waals surface area contributed by atoms with E-state index >= 15 is 0 Å². The molecule has 0 aliphatic rings. The van der Waals surface area contributed by atoms with Gasteiger partial charge in [0.2, 0.25) is 0 Å². The maximum atomic E-state index is 12.1. The summed E-state index contributed by atoms with van der Waals surface area (Å²) in [4.78, 5) is 12.1.